The van der Waals surface area contributed by atoms with Gasteiger partial charge in [-0.15, -0.1) is 0 Å². The van der Waals surface area contributed by atoms with Crippen molar-refractivity contribution in [3.63, 3.8) is 0 Å². The number of aliphatic carboxylic acids is 3. The minimum Gasteiger partial charge on any atom is -0.550 e. The maximum Gasteiger partial charge on any atom is 3.00 e. The molecule has 0 aliphatic heterocycles. The molecule has 0 amide bonds. The molecule has 2 radical (unpaired) electrons. The number of nitrogens with zero attached hydrogens (tertiary/aromatic N) is 2. The monoisotopic (exact) mass is 712 g/mol. The van der Waals surface area contributed by atoms with Crippen molar-refractivity contribution in [2.75, 3.05) is 33.4 Å². The van der Waals surface area contributed by atoms with E-state index in [0.29, 0.717) is 12.4 Å². The Morgan fingerprint density at radius 1 is 1.17 bits per heavy atom. The molecule has 0 bridgehead atoms. The zero-order valence-electron chi connectivity index (χ0n) is 19.3. The Bertz CT molecular complexity index is 846. The Morgan fingerprint density at radius 2 is 1.71 bits per heavy atom. The molecule has 35 heavy (non-hydrogen) atoms. The third-order valence-corrected chi connectivity index (χ3v) is 4.73. The third kappa shape index (κ3) is 16.8. The number of hydrogen-bond donors (Lipinski definition) is 3. The van der Waals surface area contributed by atoms with Crippen LogP contribution in [0.3, 0.4) is 0 Å². The summed E-state index contributed by atoms with van der Waals surface area (Å²) in [6, 6.07) is 3.98. The van der Waals surface area contributed by atoms with Gasteiger partial charge in [0.05, 0.1) is 23.2 Å². The number of aliphatic hydroxyl groups is 1. The Labute approximate surface area is 225 Å². The molecule has 0 spiro atoms. The van der Waals surface area contributed by atoms with Crippen LogP contribution < -0.4 is 26.0 Å². The van der Waals surface area contributed by atoms with E-state index in [0.717, 1.165) is 35.8 Å². The molecule has 1 aromatic rings. The number of carbonyl (C=O) groups excluding carboxylic acids is 3. The topological polar surface area (TPSA) is 224 Å². The first-order valence-electron chi connectivity index (χ1n) is 9.69. The van der Waals surface area contributed by atoms with Crippen molar-refractivity contribution >= 4 is 55.9 Å². The first-order valence-corrected chi connectivity index (χ1v) is 10.8. The van der Waals surface area contributed by atoms with Crippen LogP contribution in [0.5, 0.6) is 0 Å². The summed E-state index contributed by atoms with van der Waals surface area (Å²) in [5, 5.41) is 55.0. The van der Waals surface area contributed by atoms with Gasteiger partial charge in [0.15, 0.2) is 5.82 Å². The molecular formula is C19H27BiN4O10S. The maximum atomic E-state index is 10.3. The predicted molar refractivity (Wildman–Crippen MR) is 119 cm³/mol. The van der Waals surface area contributed by atoms with Crippen molar-refractivity contribution in [2.24, 2.45) is 0 Å². The van der Waals surface area contributed by atoms with Crippen molar-refractivity contribution in [3.05, 3.63) is 45.8 Å². The van der Waals surface area contributed by atoms with Gasteiger partial charge in [0.25, 0.3) is 6.20 Å². The summed E-state index contributed by atoms with van der Waals surface area (Å²) >= 11 is 1.72. The van der Waals surface area contributed by atoms with Crippen LogP contribution >= 0.6 is 11.8 Å². The van der Waals surface area contributed by atoms with Gasteiger partial charge in [-0.1, -0.05) is 0 Å². The molecule has 0 fully saturated rings. The molecule has 0 aliphatic rings. The molecule has 1 rings (SSSR count). The Morgan fingerprint density at radius 3 is 2.14 bits per heavy atom. The normalized spacial score (nSPS) is 11.1. The van der Waals surface area contributed by atoms with E-state index in [1.54, 1.807) is 18.8 Å². The number of furan rings is 1. The fraction of sp³-hybridized carbons (Fsp3) is 0.526. The number of hydrogen-bond acceptors (Lipinski definition) is 14. The first kappa shape index (κ1) is 34.7. The van der Waals surface area contributed by atoms with Crippen molar-refractivity contribution < 1.29 is 44.2 Å². The summed E-state index contributed by atoms with van der Waals surface area (Å²) in [5.74, 6) is -2.04. The second-order valence-electron chi connectivity index (χ2n) is 7.08. The Kier molecular flexibility index (Phi) is 17.8. The molecule has 14 nitrogen and oxygen atoms in total. The molecule has 0 saturated heterocycles. The Balaban J connectivity index is 0. The molecule has 0 aliphatic carbocycles. The molecular weight excluding hydrogens is 685 g/mol. The van der Waals surface area contributed by atoms with Crippen molar-refractivity contribution in [3.8, 4) is 0 Å². The standard InChI is InChI=1S/C13H22N4O3S.C6H8O7.Bi/c1-14-13(9-17(18)19)15-6-7-21-10-12-5-4-11(20-12)8-16(2)3;7-3(8)1-6(13,5(11)12)2-4(9)10;/h4-5,9,14-15H,6-8,10H2,1-3H3;13H,1-2H2,(H,7,8)(H,9,10)(H,11,12);/q;;+3/p-3. The second-order valence-corrected chi connectivity index (χ2v) is 8.19. The van der Waals surface area contributed by atoms with Crippen molar-refractivity contribution in [1.82, 2.24) is 15.5 Å². The van der Waals surface area contributed by atoms with Gasteiger partial charge in [0.2, 0.25) is 0 Å². The number of nitro groups is 1. The largest absolute Gasteiger partial charge is 3.00 e. The van der Waals surface area contributed by atoms with Crippen molar-refractivity contribution in [1.29, 1.82) is 0 Å². The molecule has 16 heteroatoms. The molecule has 0 unspecified atom stereocenters. The van der Waals surface area contributed by atoms with Gasteiger partial charge in [0.1, 0.15) is 17.1 Å². The van der Waals surface area contributed by atoms with Crippen LogP contribution in [0, 0.1) is 10.1 Å². The van der Waals surface area contributed by atoms with E-state index in [4.69, 9.17) is 9.52 Å². The predicted octanol–water partition coefficient (Wildman–Crippen LogP) is -4.17. The number of rotatable bonds is 15. The summed E-state index contributed by atoms with van der Waals surface area (Å²) in [6.45, 7) is 1.44. The van der Waals surface area contributed by atoms with Gasteiger partial charge in [-0.3, -0.25) is 10.1 Å². The molecule has 0 atom stereocenters. The quantitative estimate of drug-likeness (QED) is 0.0680. The van der Waals surface area contributed by atoms with Crippen LogP contribution in [0.25, 0.3) is 0 Å². The zero-order chi connectivity index (χ0) is 26.3. The average Bonchev–Trinajstić information content (AvgIpc) is 3.12. The zero-order valence-corrected chi connectivity index (χ0v) is 23.6. The summed E-state index contributed by atoms with van der Waals surface area (Å²) < 4.78 is 5.70. The van der Waals surface area contributed by atoms with Crippen LogP contribution in [0.2, 0.25) is 0 Å². The first-order chi connectivity index (χ1) is 15.8. The van der Waals surface area contributed by atoms with Gasteiger partial charge in [-0.25, -0.2) is 0 Å². The smallest absolute Gasteiger partial charge is 0.550 e. The summed E-state index contributed by atoms with van der Waals surface area (Å²) in [4.78, 5) is 41.9. The number of thioether (sulfide) groups is 1. The van der Waals surface area contributed by atoms with Gasteiger partial charge in [-0.05, 0) is 26.2 Å². The molecule has 0 aromatic carbocycles. The van der Waals surface area contributed by atoms with E-state index in [9.17, 15) is 39.8 Å². The average molecular weight is 712 g/mol. The second kappa shape index (κ2) is 17.9. The number of nitrogens with one attached hydrogen (secondary N) is 2. The molecule has 3 N–H and O–H groups in total. The minimum absolute atomic E-state index is 0. The summed E-state index contributed by atoms with van der Waals surface area (Å²) in [7, 11) is 5.64. The van der Waals surface area contributed by atoms with Crippen LogP contribution in [0.1, 0.15) is 24.4 Å². The van der Waals surface area contributed by atoms with E-state index in [-0.39, 0.29) is 26.2 Å². The molecule has 1 heterocycles. The number of carboxylic acids is 3. The number of carbonyl (C=O) groups is 3. The SMILES string of the molecule is CNC(=C[N+](=O)[O-])NCCSCc1ccc(CN(C)C)o1.O=C([O-])CC(O)(CC(=O)[O-])C(=O)[O-].[Bi+3]. The van der Waals surface area contributed by atoms with Gasteiger partial charge < -0.3 is 54.8 Å². The summed E-state index contributed by atoms with van der Waals surface area (Å²) in [6.07, 6.45) is -1.79. The third-order valence-electron chi connectivity index (χ3n) is 3.75. The van der Waals surface area contributed by atoms with Gasteiger partial charge in [-0.2, -0.15) is 11.8 Å². The maximum absolute atomic E-state index is 10.3. The Hall–Kier alpha value is -2.42. The molecule has 1 aromatic heterocycles. The molecule has 0 saturated carbocycles. The van der Waals surface area contributed by atoms with Crippen LogP contribution in [-0.2, 0) is 26.7 Å². The fourth-order valence-corrected chi connectivity index (χ4v) is 3.06. The van der Waals surface area contributed by atoms with Gasteiger partial charge >= 0.3 is 26.2 Å². The number of carboxylic acid groups (broad SMARTS) is 3. The van der Waals surface area contributed by atoms with E-state index < -0.39 is 41.3 Å². The van der Waals surface area contributed by atoms with Gasteiger partial charge in [0, 0.05) is 44.1 Å². The van der Waals surface area contributed by atoms with Crippen LogP contribution in [-0.4, -0.2) is 98.1 Å². The van der Waals surface area contributed by atoms with E-state index in [2.05, 4.69) is 15.5 Å². The minimum atomic E-state index is -2.97. The van der Waals surface area contributed by atoms with E-state index >= 15 is 0 Å². The summed E-state index contributed by atoms with van der Waals surface area (Å²) in [5.41, 5.74) is -2.97. The van der Waals surface area contributed by atoms with E-state index in [1.807, 2.05) is 26.2 Å². The van der Waals surface area contributed by atoms with Crippen LogP contribution in [0.15, 0.2) is 28.6 Å². The molecule has 194 valence electrons. The van der Waals surface area contributed by atoms with Crippen molar-refractivity contribution in [2.45, 2.75) is 30.7 Å². The fourth-order valence-electron chi connectivity index (χ4n) is 2.32. The van der Waals surface area contributed by atoms with Crippen LogP contribution in [0.4, 0.5) is 0 Å². The van der Waals surface area contributed by atoms with E-state index in [1.165, 1.54) is 0 Å².